The maximum Gasteiger partial charge on any atom is 0.306 e. The minimum absolute atomic E-state index is 0.0563. The smallest absolute Gasteiger partial charge is 0.306 e. The number of amides is 2. The molecule has 116 valence electrons. The van der Waals surface area contributed by atoms with Gasteiger partial charge in [-0.15, -0.1) is 0 Å². The monoisotopic (exact) mass is 286 g/mol. The van der Waals surface area contributed by atoms with E-state index >= 15 is 0 Å². The Morgan fingerprint density at radius 1 is 1.05 bits per heavy atom. The number of aliphatic carboxylic acids is 1. The van der Waals surface area contributed by atoms with Gasteiger partial charge in [-0.05, 0) is 25.7 Å². The SMILES string of the molecule is CCC(CCCCNC(=O)CCCC(=O)NC)C(=O)O. The Morgan fingerprint density at radius 3 is 2.25 bits per heavy atom. The van der Waals surface area contributed by atoms with Crippen molar-refractivity contribution in [3.8, 4) is 0 Å². The molecule has 3 N–H and O–H groups in total. The van der Waals surface area contributed by atoms with Gasteiger partial charge >= 0.3 is 5.97 Å². The van der Waals surface area contributed by atoms with Crippen LogP contribution in [0.3, 0.4) is 0 Å². The summed E-state index contributed by atoms with van der Waals surface area (Å²) in [5.41, 5.74) is 0. The summed E-state index contributed by atoms with van der Waals surface area (Å²) >= 11 is 0. The van der Waals surface area contributed by atoms with E-state index in [-0.39, 0.29) is 17.7 Å². The summed E-state index contributed by atoms with van der Waals surface area (Å²) in [4.78, 5) is 33.2. The molecule has 0 aromatic carbocycles. The lowest BCUT2D eigenvalue weighted by Crippen LogP contribution is -2.25. The highest BCUT2D eigenvalue weighted by atomic mass is 16.4. The average molecular weight is 286 g/mol. The molecule has 0 aliphatic rings. The van der Waals surface area contributed by atoms with E-state index < -0.39 is 5.97 Å². The standard InChI is InChI=1S/C14H26N2O4/c1-3-11(14(19)20)7-4-5-10-16-13(18)9-6-8-12(17)15-2/h11H,3-10H2,1-2H3,(H,15,17)(H,16,18)(H,19,20). The van der Waals surface area contributed by atoms with Crippen LogP contribution in [-0.2, 0) is 14.4 Å². The van der Waals surface area contributed by atoms with E-state index in [0.29, 0.717) is 38.6 Å². The minimum Gasteiger partial charge on any atom is -0.481 e. The number of carbonyl (C=O) groups is 3. The summed E-state index contributed by atoms with van der Waals surface area (Å²) in [7, 11) is 1.57. The molecule has 0 spiro atoms. The van der Waals surface area contributed by atoms with Crippen molar-refractivity contribution in [2.24, 2.45) is 5.92 Å². The third-order valence-electron chi connectivity index (χ3n) is 3.23. The zero-order valence-corrected chi connectivity index (χ0v) is 12.4. The van der Waals surface area contributed by atoms with E-state index in [9.17, 15) is 14.4 Å². The number of hydrogen-bond donors (Lipinski definition) is 3. The molecule has 0 aliphatic heterocycles. The van der Waals surface area contributed by atoms with Gasteiger partial charge in [0, 0.05) is 26.4 Å². The van der Waals surface area contributed by atoms with Crippen LogP contribution in [0.1, 0.15) is 51.9 Å². The van der Waals surface area contributed by atoms with Gasteiger partial charge < -0.3 is 15.7 Å². The van der Waals surface area contributed by atoms with Crippen molar-refractivity contribution in [3.05, 3.63) is 0 Å². The summed E-state index contributed by atoms with van der Waals surface area (Å²) in [5.74, 6) is -1.14. The molecule has 6 nitrogen and oxygen atoms in total. The zero-order valence-electron chi connectivity index (χ0n) is 12.4. The molecule has 0 heterocycles. The van der Waals surface area contributed by atoms with Crippen LogP contribution in [0.15, 0.2) is 0 Å². The largest absolute Gasteiger partial charge is 0.481 e. The van der Waals surface area contributed by atoms with Crippen LogP contribution in [-0.4, -0.2) is 36.5 Å². The fourth-order valence-electron chi connectivity index (χ4n) is 1.87. The van der Waals surface area contributed by atoms with Gasteiger partial charge in [0.05, 0.1) is 5.92 Å². The van der Waals surface area contributed by atoms with Crippen molar-refractivity contribution < 1.29 is 19.5 Å². The van der Waals surface area contributed by atoms with Crippen molar-refractivity contribution >= 4 is 17.8 Å². The van der Waals surface area contributed by atoms with Crippen molar-refractivity contribution in [1.29, 1.82) is 0 Å². The lowest BCUT2D eigenvalue weighted by atomic mass is 9.99. The topological polar surface area (TPSA) is 95.5 Å². The molecule has 6 heteroatoms. The van der Waals surface area contributed by atoms with E-state index in [4.69, 9.17) is 5.11 Å². The summed E-state index contributed by atoms with van der Waals surface area (Å²) in [5, 5.41) is 14.2. The molecule has 0 radical (unpaired) electrons. The van der Waals surface area contributed by atoms with E-state index in [1.54, 1.807) is 7.05 Å². The van der Waals surface area contributed by atoms with Gasteiger partial charge in [0.15, 0.2) is 0 Å². The molecule has 0 bridgehead atoms. The summed E-state index contributed by atoms with van der Waals surface area (Å²) < 4.78 is 0. The highest BCUT2D eigenvalue weighted by Crippen LogP contribution is 2.12. The number of unbranched alkanes of at least 4 members (excludes halogenated alkanes) is 1. The Balaban J connectivity index is 3.52. The number of carboxylic acid groups (broad SMARTS) is 1. The quantitative estimate of drug-likeness (QED) is 0.499. The van der Waals surface area contributed by atoms with Crippen molar-refractivity contribution in [3.63, 3.8) is 0 Å². The molecule has 0 saturated heterocycles. The summed E-state index contributed by atoms with van der Waals surface area (Å²) in [6.07, 6.45) is 4.12. The number of carboxylic acids is 1. The molecular weight excluding hydrogens is 260 g/mol. The number of hydrogen-bond acceptors (Lipinski definition) is 3. The van der Waals surface area contributed by atoms with Crippen molar-refractivity contribution in [1.82, 2.24) is 10.6 Å². The first-order chi connectivity index (χ1) is 9.51. The van der Waals surface area contributed by atoms with Crippen molar-refractivity contribution in [2.75, 3.05) is 13.6 Å². The van der Waals surface area contributed by atoms with Crippen molar-refractivity contribution in [2.45, 2.75) is 51.9 Å². The number of nitrogens with one attached hydrogen (secondary N) is 2. The Hall–Kier alpha value is -1.59. The van der Waals surface area contributed by atoms with Crippen LogP contribution in [0.4, 0.5) is 0 Å². The first-order valence-electron chi connectivity index (χ1n) is 7.21. The third kappa shape index (κ3) is 9.35. The van der Waals surface area contributed by atoms with Gasteiger partial charge in [0.25, 0.3) is 0 Å². The lowest BCUT2D eigenvalue weighted by Gasteiger charge is -2.09. The summed E-state index contributed by atoms with van der Waals surface area (Å²) in [6.45, 7) is 2.43. The molecule has 20 heavy (non-hydrogen) atoms. The lowest BCUT2D eigenvalue weighted by molar-refractivity contribution is -0.142. The van der Waals surface area contributed by atoms with Gasteiger partial charge in [-0.1, -0.05) is 13.3 Å². The van der Waals surface area contributed by atoms with Crippen LogP contribution in [0.25, 0.3) is 0 Å². The Bertz CT molecular complexity index is 318. The first-order valence-corrected chi connectivity index (χ1v) is 7.21. The van der Waals surface area contributed by atoms with Gasteiger partial charge in [-0.3, -0.25) is 14.4 Å². The van der Waals surface area contributed by atoms with Gasteiger partial charge in [0.1, 0.15) is 0 Å². The molecule has 0 aliphatic carbocycles. The molecule has 1 unspecified atom stereocenters. The Morgan fingerprint density at radius 2 is 1.70 bits per heavy atom. The van der Waals surface area contributed by atoms with Crippen LogP contribution in [0.2, 0.25) is 0 Å². The van der Waals surface area contributed by atoms with Gasteiger partial charge in [0.2, 0.25) is 11.8 Å². The fourth-order valence-corrected chi connectivity index (χ4v) is 1.87. The highest BCUT2D eigenvalue weighted by Gasteiger charge is 2.13. The molecule has 0 rings (SSSR count). The second-order valence-corrected chi connectivity index (χ2v) is 4.82. The third-order valence-corrected chi connectivity index (χ3v) is 3.23. The molecule has 0 aromatic rings. The Kier molecular flexibility index (Phi) is 10.4. The molecule has 0 aromatic heterocycles. The molecule has 0 saturated carbocycles. The van der Waals surface area contributed by atoms with Crippen LogP contribution in [0.5, 0.6) is 0 Å². The number of carbonyl (C=O) groups excluding carboxylic acids is 2. The molecule has 0 fully saturated rings. The Labute approximate surface area is 120 Å². The molecule has 2 amide bonds. The minimum atomic E-state index is -0.745. The first kappa shape index (κ1) is 18.4. The normalized spacial score (nSPS) is 11.7. The van der Waals surface area contributed by atoms with Crippen LogP contribution >= 0.6 is 0 Å². The van der Waals surface area contributed by atoms with E-state index in [2.05, 4.69) is 10.6 Å². The maximum absolute atomic E-state index is 11.4. The van der Waals surface area contributed by atoms with Gasteiger partial charge in [-0.2, -0.15) is 0 Å². The average Bonchev–Trinajstić information content (AvgIpc) is 2.42. The predicted molar refractivity (Wildman–Crippen MR) is 76.2 cm³/mol. The second kappa shape index (κ2) is 11.3. The second-order valence-electron chi connectivity index (χ2n) is 4.82. The maximum atomic E-state index is 11.4. The zero-order chi connectivity index (χ0) is 15.4. The molecule has 1 atom stereocenters. The van der Waals surface area contributed by atoms with E-state index in [1.165, 1.54) is 0 Å². The summed E-state index contributed by atoms with van der Waals surface area (Å²) in [6, 6.07) is 0. The fraction of sp³-hybridized carbons (Fsp3) is 0.786. The van der Waals surface area contributed by atoms with Crippen LogP contribution < -0.4 is 10.6 Å². The highest BCUT2D eigenvalue weighted by molar-refractivity contribution is 5.78. The van der Waals surface area contributed by atoms with Crippen LogP contribution in [0, 0.1) is 5.92 Å². The number of rotatable bonds is 11. The predicted octanol–water partition coefficient (Wildman–Crippen LogP) is 1.30. The van der Waals surface area contributed by atoms with E-state index in [1.807, 2.05) is 6.92 Å². The van der Waals surface area contributed by atoms with Gasteiger partial charge in [-0.25, -0.2) is 0 Å². The molecular formula is C14H26N2O4. The van der Waals surface area contributed by atoms with E-state index in [0.717, 1.165) is 12.8 Å².